The molecule has 0 atom stereocenters. The molecule has 0 amide bonds. The number of nitrogens with zero attached hydrogens (tertiary/aromatic N) is 2. The lowest BCUT2D eigenvalue weighted by molar-refractivity contribution is 1.01. The number of hydrogen-bond donors (Lipinski definition) is 0. The Morgan fingerprint density at radius 1 is 0.424 bits per heavy atom. The average molecular weight is 423 g/mol. The van der Waals surface area contributed by atoms with Crippen molar-refractivity contribution in [3.8, 4) is 16.8 Å². The Balaban J connectivity index is 1.57. The Bertz CT molecular complexity index is 1820. The second-order valence-electron chi connectivity index (χ2n) is 8.73. The van der Waals surface area contributed by atoms with Gasteiger partial charge in [0, 0.05) is 45.3 Å². The molecular weight excluding hydrogens is 400 g/mol. The molecular formula is C31H22N2. The largest absolute Gasteiger partial charge is 0.344 e. The number of hydrogen-bond acceptors (Lipinski definition) is 0. The first kappa shape index (κ1) is 18.3. The molecule has 0 saturated carbocycles. The highest BCUT2D eigenvalue weighted by Crippen LogP contribution is 2.36. The Morgan fingerprint density at radius 2 is 1.06 bits per heavy atom. The zero-order valence-corrected chi connectivity index (χ0v) is 18.4. The van der Waals surface area contributed by atoms with Gasteiger partial charge in [-0.1, -0.05) is 78.9 Å². The van der Waals surface area contributed by atoms with E-state index >= 15 is 0 Å². The minimum Gasteiger partial charge on any atom is -0.344 e. The van der Waals surface area contributed by atoms with Crippen LogP contribution >= 0.6 is 0 Å². The van der Waals surface area contributed by atoms with E-state index in [1.807, 2.05) is 0 Å². The van der Waals surface area contributed by atoms with Crippen LogP contribution in [0.25, 0.3) is 60.4 Å². The van der Waals surface area contributed by atoms with E-state index in [1.54, 1.807) is 0 Å². The van der Waals surface area contributed by atoms with Gasteiger partial charge in [-0.25, -0.2) is 0 Å². The van der Waals surface area contributed by atoms with Gasteiger partial charge in [0.15, 0.2) is 0 Å². The lowest BCUT2D eigenvalue weighted by atomic mass is 10.0. The van der Waals surface area contributed by atoms with Gasteiger partial charge in [0.25, 0.3) is 0 Å². The van der Waals surface area contributed by atoms with Crippen molar-refractivity contribution in [2.24, 2.45) is 7.05 Å². The van der Waals surface area contributed by atoms with E-state index in [0.29, 0.717) is 0 Å². The minimum atomic E-state index is 1.19. The Labute approximate surface area is 191 Å². The predicted octanol–water partition coefficient (Wildman–Crippen LogP) is 8.10. The van der Waals surface area contributed by atoms with Gasteiger partial charge in [-0.3, -0.25) is 0 Å². The molecule has 7 aromatic rings. The van der Waals surface area contributed by atoms with Crippen LogP contribution in [0.1, 0.15) is 0 Å². The van der Waals surface area contributed by atoms with E-state index in [-0.39, 0.29) is 0 Å². The summed E-state index contributed by atoms with van der Waals surface area (Å²) in [6, 6.07) is 41.7. The van der Waals surface area contributed by atoms with Crippen molar-refractivity contribution >= 4 is 43.6 Å². The molecule has 0 fully saturated rings. The molecule has 33 heavy (non-hydrogen) atoms. The van der Waals surface area contributed by atoms with Gasteiger partial charge < -0.3 is 9.13 Å². The Kier molecular flexibility index (Phi) is 3.80. The smallest absolute Gasteiger partial charge is 0.0547 e. The molecule has 2 heteroatoms. The number of rotatable bonds is 2. The molecule has 0 saturated heterocycles. The van der Waals surface area contributed by atoms with Crippen molar-refractivity contribution in [1.29, 1.82) is 0 Å². The zero-order chi connectivity index (χ0) is 21.9. The van der Waals surface area contributed by atoms with Crippen LogP contribution in [0.4, 0.5) is 0 Å². The van der Waals surface area contributed by atoms with Crippen molar-refractivity contribution in [1.82, 2.24) is 9.13 Å². The van der Waals surface area contributed by atoms with Crippen LogP contribution in [0.3, 0.4) is 0 Å². The normalized spacial score (nSPS) is 11.8. The first-order valence-electron chi connectivity index (χ1n) is 11.4. The highest BCUT2D eigenvalue weighted by molar-refractivity contribution is 6.12. The first-order chi connectivity index (χ1) is 16.3. The van der Waals surface area contributed by atoms with Crippen LogP contribution in [-0.2, 0) is 7.05 Å². The van der Waals surface area contributed by atoms with Crippen molar-refractivity contribution < 1.29 is 0 Å². The number of aryl methyl sites for hydroxylation is 1. The van der Waals surface area contributed by atoms with Crippen LogP contribution in [0.2, 0.25) is 0 Å². The molecule has 0 unspecified atom stereocenters. The molecule has 0 bridgehead atoms. The molecule has 2 heterocycles. The summed E-state index contributed by atoms with van der Waals surface area (Å²) in [5.41, 5.74) is 8.65. The quantitative estimate of drug-likeness (QED) is 0.266. The maximum atomic E-state index is 2.42. The third-order valence-electron chi connectivity index (χ3n) is 6.94. The van der Waals surface area contributed by atoms with Gasteiger partial charge in [-0.05, 0) is 47.5 Å². The van der Waals surface area contributed by atoms with Crippen LogP contribution < -0.4 is 0 Å². The molecule has 5 aromatic carbocycles. The van der Waals surface area contributed by atoms with Crippen molar-refractivity contribution in [2.75, 3.05) is 0 Å². The summed E-state index contributed by atoms with van der Waals surface area (Å²) in [4.78, 5) is 0. The van der Waals surface area contributed by atoms with E-state index < -0.39 is 0 Å². The van der Waals surface area contributed by atoms with E-state index in [1.165, 1.54) is 60.4 Å². The van der Waals surface area contributed by atoms with E-state index in [9.17, 15) is 0 Å². The first-order valence-corrected chi connectivity index (χ1v) is 11.4. The topological polar surface area (TPSA) is 9.86 Å². The van der Waals surface area contributed by atoms with Gasteiger partial charge in [-0.15, -0.1) is 0 Å². The molecule has 7 rings (SSSR count). The van der Waals surface area contributed by atoms with Gasteiger partial charge in [0.2, 0.25) is 0 Å². The highest BCUT2D eigenvalue weighted by atomic mass is 15.0. The maximum absolute atomic E-state index is 2.42. The van der Waals surface area contributed by atoms with Gasteiger partial charge in [-0.2, -0.15) is 0 Å². The number of fused-ring (bicyclic) bond motifs is 6. The minimum absolute atomic E-state index is 1.19. The molecule has 0 aliphatic carbocycles. The third-order valence-corrected chi connectivity index (χ3v) is 6.94. The van der Waals surface area contributed by atoms with Crippen LogP contribution in [0.15, 0.2) is 115 Å². The second-order valence-corrected chi connectivity index (χ2v) is 8.73. The number of aromatic nitrogens is 2. The SMILES string of the molecule is Cn1c2ccccc2c2cc(-n3c4ccccc4c4ccc(-c5ccccc5)cc43)ccc21. The summed E-state index contributed by atoms with van der Waals surface area (Å²) in [5, 5.41) is 5.15. The van der Waals surface area contributed by atoms with Gasteiger partial charge in [0.1, 0.15) is 0 Å². The van der Waals surface area contributed by atoms with Gasteiger partial charge in [0.05, 0.1) is 11.0 Å². The molecule has 2 nitrogen and oxygen atoms in total. The second kappa shape index (κ2) is 6.85. The Morgan fingerprint density at radius 3 is 1.88 bits per heavy atom. The monoisotopic (exact) mass is 422 g/mol. The van der Waals surface area contributed by atoms with Crippen LogP contribution in [-0.4, -0.2) is 9.13 Å². The lowest BCUT2D eigenvalue weighted by Gasteiger charge is -2.10. The summed E-state index contributed by atoms with van der Waals surface area (Å²) in [5.74, 6) is 0. The van der Waals surface area contributed by atoms with Crippen molar-refractivity contribution in [3.05, 3.63) is 115 Å². The number of benzene rings is 5. The van der Waals surface area contributed by atoms with Crippen molar-refractivity contribution in [2.45, 2.75) is 0 Å². The molecule has 0 aliphatic heterocycles. The van der Waals surface area contributed by atoms with E-state index in [4.69, 9.17) is 0 Å². The molecule has 0 spiro atoms. The summed E-state index contributed by atoms with van der Waals surface area (Å²) < 4.78 is 4.70. The lowest BCUT2D eigenvalue weighted by Crippen LogP contribution is -1.94. The molecule has 2 aromatic heterocycles. The zero-order valence-electron chi connectivity index (χ0n) is 18.4. The fraction of sp³-hybridized carbons (Fsp3) is 0.0323. The van der Waals surface area contributed by atoms with Crippen LogP contribution in [0, 0.1) is 0 Å². The molecule has 156 valence electrons. The van der Waals surface area contributed by atoms with E-state index in [0.717, 1.165) is 0 Å². The van der Waals surface area contributed by atoms with Crippen LogP contribution in [0.5, 0.6) is 0 Å². The standard InChI is InChI=1S/C31H22N2/c1-32-28-13-7-5-12-25(28)27-20-23(16-18-29(27)32)33-30-14-8-6-11-24(30)26-17-15-22(19-31(26)33)21-9-3-2-4-10-21/h2-20H,1H3. The molecule has 0 aliphatic rings. The summed E-state index contributed by atoms with van der Waals surface area (Å²) in [6.07, 6.45) is 0. The van der Waals surface area contributed by atoms with Gasteiger partial charge >= 0.3 is 0 Å². The van der Waals surface area contributed by atoms with E-state index in [2.05, 4.69) is 131 Å². The fourth-order valence-corrected chi connectivity index (χ4v) is 5.35. The summed E-state index contributed by atoms with van der Waals surface area (Å²) >= 11 is 0. The predicted molar refractivity (Wildman–Crippen MR) is 140 cm³/mol. The average Bonchev–Trinajstić information content (AvgIpc) is 3.36. The fourth-order valence-electron chi connectivity index (χ4n) is 5.35. The molecule has 0 radical (unpaired) electrons. The maximum Gasteiger partial charge on any atom is 0.0547 e. The summed E-state index contributed by atoms with van der Waals surface area (Å²) in [6.45, 7) is 0. The molecule has 0 N–H and O–H groups in total. The number of para-hydroxylation sites is 2. The highest BCUT2D eigenvalue weighted by Gasteiger charge is 2.15. The summed E-state index contributed by atoms with van der Waals surface area (Å²) in [7, 11) is 2.15. The Hall–Kier alpha value is -4.30. The third kappa shape index (κ3) is 2.61. The van der Waals surface area contributed by atoms with Crippen molar-refractivity contribution in [3.63, 3.8) is 0 Å².